The molecule has 0 aliphatic heterocycles. The van der Waals surface area contributed by atoms with Gasteiger partial charge in [-0.05, 0) is 12.1 Å². The van der Waals surface area contributed by atoms with Crippen molar-refractivity contribution in [3.8, 4) is 0 Å². The molecule has 0 aliphatic rings. The summed E-state index contributed by atoms with van der Waals surface area (Å²) in [5.74, 6) is 0. The second-order valence-corrected chi connectivity index (χ2v) is 3.05. The van der Waals surface area contributed by atoms with Crippen molar-refractivity contribution in [1.29, 1.82) is 0 Å². The number of hydrogen-bond donors (Lipinski definition) is 1. The molecule has 0 atom stereocenters. The van der Waals surface area contributed by atoms with Crippen molar-refractivity contribution in [1.82, 2.24) is 4.98 Å². The van der Waals surface area contributed by atoms with E-state index in [0.29, 0.717) is 5.15 Å². The largest absolute Gasteiger partial charge is 0.346 e. The smallest absolute Gasteiger partial charge is 0.270 e. The van der Waals surface area contributed by atoms with Gasteiger partial charge in [0.25, 0.3) is 5.69 Å². The lowest BCUT2D eigenvalue weighted by atomic mass is 10.2. The van der Waals surface area contributed by atoms with E-state index in [0.717, 1.165) is 10.9 Å². The van der Waals surface area contributed by atoms with Gasteiger partial charge in [-0.1, -0.05) is 11.6 Å². The number of H-pyrrole nitrogens is 1. The van der Waals surface area contributed by atoms with Crippen molar-refractivity contribution in [3.63, 3.8) is 0 Å². The maximum Gasteiger partial charge on any atom is 0.270 e. The number of benzene rings is 1. The van der Waals surface area contributed by atoms with Crippen LogP contribution in [0, 0.1) is 10.1 Å². The quantitative estimate of drug-likeness (QED) is 0.563. The van der Waals surface area contributed by atoms with Crippen LogP contribution in [0.15, 0.2) is 24.3 Å². The van der Waals surface area contributed by atoms with E-state index in [-0.39, 0.29) is 5.69 Å². The average Bonchev–Trinajstić information content (AvgIpc) is 2.42. The summed E-state index contributed by atoms with van der Waals surface area (Å²) >= 11 is 5.69. The first-order valence-corrected chi connectivity index (χ1v) is 3.97. The van der Waals surface area contributed by atoms with Gasteiger partial charge in [0.2, 0.25) is 0 Å². The fraction of sp³-hybridized carbons (Fsp3) is 0. The number of nitrogens with zero attached hydrogens (tertiary/aromatic N) is 1. The Morgan fingerprint density at radius 1 is 1.38 bits per heavy atom. The normalized spacial score (nSPS) is 10.5. The highest BCUT2D eigenvalue weighted by Gasteiger charge is 2.06. The molecule has 0 unspecified atom stereocenters. The molecule has 0 bridgehead atoms. The van der Waals surface area contributed by atoms with Gasteiger partial charge in [0.15, 0.2) is 0 Å². The van der Waals surface area contributed by atoms with Crippen molar-refractivity contribution in [3.05, 3.63) is 39.5 Å². The Bertz CT molecular complexity index is 478. The second-order valence-electron chi connectivity index (χ2n) is 2.65. The Morgan fingerprint density at radius 3 is 2.85 bits per heavy atom. The molecule has 4 nitrogen and oxygen atoms in total. The molecule has 0 aliphatic carbocycles. The van der Waals surface area contributed by atoms with Gasteiger partial charge in [-0.15, -0.1) is 0 Å². The number of rotatable bonds is 1. The minimum absolute atomic E-state index is 0.0724. The van der Waals surface area contributed by atoms with Gasteiger partial charge in [-0.2, -0.15) is 0 Å². The van der Waals surface area contributed by atoms with Crippen LogP contribution in [-0.2, 0) is 0 Å². The molecule has 0 fully saturated rings. The van der Waals surface area contributed by atoms with Crippen LogP contribution in [0.5, 0.6) is 0 Å². The van der Waals surface area contributed by atoms with E-state index in [9.17, 15) is 10.1 Å². The monoisotopic (exact) mass is 196 g/mol. The highest BCUT2D eigenvalue weighted by molar-refractivity contribution is 6.30. The molecule has 1 aromatic heterocycles. The standard InChI is InChI=1S/C8H5ClN2O2/c9-8-4-5-3-6(11(12)13)1-2-7(5)10-8/h1-4,10H. The summed E-state index contributed by atoms with van der Waals surface area (Å²) in [5, 5.41) is 11.6. The van der Waals surface area contributed by atoms with Crippen LogP contribution < -0.4 is 0 Å². The van der Waals surface area contributed by atoms with Crippen LogP contribution in [0.3, 0.4) is 0 Å². The fourth-order valence-electron chi connectivity index (χ4n) is 1.20. The first-order chi connectivity index (χ1) is 6.16. The van der Waals surface area contributed by atoms with Crippen LogP contribution in [0.1, 0.15) is 0 Å². The first-order valence-electron chi connectivity index (χ1n) is 3.59. The Kier molecular flexibility index (Phi) is 1.70. The predicted molar refractivity (Wildman–Crippen MR) is 50.0 cm³/mol. The maximum atomic E-state index is 10.4. The molecule has 0 saturated carbocycles. The number of fused-ring (bicyclic) bond motifs is 1. The minimum atomic E-state index is -0.430. The van der Waals surface area contributed by atoms with Gasteiger partial charge in [0.1, 0.15) is 5.15 Å². The van der Waals surface area contributed by atoms with Crippen LogP contribution in [-0.4, -0.2) is 9.91 Å². The first kappa shape index (κ1) is 8.07. The molecule has 0 radical (unpaired) electrons. The lowest BCUT2D eigenvalue weighted by Gasteiger charge is -1.90. The van der Waals surface area contributed by atoms with Crippen molar-refractivity contribution in [2.45, 2.75) is 0 Å². The van der Waals surface area contributed by atoms with E-state index in [1.54, 1.807) is 12.1 Å². The van der Waals surface area contributed by atoms with Crippen LogP contribution >= 0.6 is 11.6 Å². The summed E-state index contributed by atoms with van der Waals surface area (Å²) in [5.41, 5.74) is 0.874. The number of aromatic nitrogens is 1. The van der Waals surface area contributed by atoms with Gasteiger partial charge in [-0.3, -0.25) is 10.1 Å². The van der Waals surface area contributed by atoms with Crippen LogP contribution in [0.2, 0.25) is 5.15 Å². The minimum Gasteiger partial charge on any atom is -0.346 e. The summed E-state index contributed by atoms with van der Waals surface area (Å²) in [6.45, 7) is 0. The summed E-state index contributed by atoms with van der Waals surface area (Å²) in [6, 6.07) is 6.22. The Morgan fingerprint density at radius 2 is 2.15 bits per heavy atom. The summed E-state index contributed by atoms with van der Waals surface area (Å²) in [4.78, 5) is 12.9. The van der Waals surface area contributed by atoms with Crippen molar-refractivity contribution >= 4 is 28.2 Å². The topological polar surface area (TPSA) is 58.9 Å². The van der Waals surface area contributed by atoms with Gasteiger partial charge in [-0.25, -0.2) is 0 Å². The summed E-state index contributed by atoms with van der Waals surface area (Å²) in [7, 11) is 0. The molecule has 5 heteroatoms. The zero-order valence-electron chi connectivity index (χ0n) is 6.45. The van der Waals surface area contributed by atoms with Gasteiger partial charge in [0, 0.05) is 23.0 Å². The number of nitro groups is 1. The third kappa shape index (κ3) is 1.36. The molecular formula is C8H5ClN2O2. The number of nitrogens with one attached hydrogen (secondary N) is 1. The van der Waals surface area contributed by atoms with E-state index >= 15 is 0 Å². The molecule has 1 heterocycles. The molecule has 0 saturated heterocycles. The Balaban J connectivity index is 2.67. The number of aromatic amines is 1. The van der Waals surface area contributed by atoms with E-state index in [1.165, 1.54) is 12.1 Å². The zero-order chi connectivity index (χ0) is 9.42. The molecule has 1 N–H and O–H groups in total. The molecule has 2 rings (SSSR count). The van der Waals surface area contributed by atoms with Gasteiger partial charge < -0.3 is 4.98 Å². The predicted octanol–water partition coefficient (Wildman–Crippen LogP) is 2.73. The number of nitro benzene ring substituents is 1. The van der Waals surface area contributed by atoms with E-state index in [4.69, 9.17) is 11.6 Å². The third-order valence-electron chi connectivity index (χ3n) is 1.78. The van der Waals surface area contributed by atoms with Crippen molar-refractivity contribution < 1.29 is 4.92 Å². The van der Waals surface area contributed by atoms with E-state index in [1.807, 2.05) is 0 Å². The van der Waals surface area contributed by atoms with Crippen LogP contribution in [0.4, 0.5) is 5.69 Å². The summed E-state index contributed by atoms with van der Waals surface area (Å²) in [6.07, 6.45) is 0. The fourth-order valence-corrected chi connectivity index (χ4v) is 1.42. The molecule has 0 amide bonds. The Hall–Kier alpha value is -1.55. The Labute approximate surface area is 78.3 Å². The molecule has 1 aromatic carbocycles. The molecule has 2 aromatic rings. The van der Waals surface area contributed by atoms with Gasteiger partial charge >= 0.3 is 0 Å². The highest BCUT2D eigenvalue weighted by Crippen LogP contribution is 2.23. The van der Waals surface area contributed by atoms with E-state index < -0.39 is 4.92 Å². The lowest BCUT2D eigenvalue weighted by Crippen LogP contribution is -1.86. The third-order valence-corrected chi connectivity index (χ3v) is 1.99. The zero-order valence-corrected chi connectivity index (χ0v) is 7.21. The lowest BCUT2D eigenvalue weighted by molar-refractivity contribution is -0.384. The average molecular weight is 197 g/mol. The number of non-ortho nitro benzene ring substituents is 1. The summed E-state index contributed by atoms with van der Waals surface area (Å²) < 4.78 is 0. The maximum absolute atomic E-state index is 10.4. The van der Waals surface area contributed by atoms with Crippen molar-refractivity contribution in [2.75, 3.05) is 0 Å². The van der Waals surface area contributed by atoms with Crippen molar-refractivity contribution in [2.24, 2.45) is 0 Å². The molecular weight excluding hydrogens is 192 g/mol. The SMILES string of the molecule is O=[N+]([O-])c1ccc2[nH]c(Cl)cc2c1. The number of halogens is 1. The van der Waals surface area contributed by atoms with E-state index in [2.05, 4.69) is 4.98 Å². The molecule has 13 heavy (non-hydrogen) atoms. The highest BCUT2D eigenvalue weighted by atomic mass is 35.5. The van der Waals surface area contributed by atoms with Crippen LogP contribution in [0.25, 0.3) is 10.9 Å². The van der Waals surface area contributed by atoms with Gasteiger partial charge in [0.05, 0.1) is 4.92 Å². The second kappa shape index (κ2) is 2.74. The number of hydrogen-bond acceptors (Lipinski definition) is 2. The molecule has 0 spiro atoms. The molecule has 66 valence electrons.